The summed E-state index contributed by atoms with van der Waals surface area (Å²) in [5.74, 6) is 0.0438. The Bertz CT molecular complexity index is 418. The molecular formula is C16H23NO2. The summed E-state index contributed by atoms with van der Waals surface area (Å²) in [6, 6.07) is 10.00. The summed E-state index contributed by atoms with van der Waals surface area (Å²) in [6.07, 6.45) is 3.47. The van der Waals surface area contributed by atoms with Crippen molar-refractivity contribution in [2.24, 2.45) is 0 Å². The van der Waals surface area contributed by atoms with Crippen LogP contribution in [0.15, 0.2) is 30.3 Å². The Kier molecular flexibility index (Phi) is 4.59. The Morgan fingerprint density at radius 3 is 2.47 bits per heavy atom. The van der Waals surface area contributed by atoms with Crippen LogP contribution in [0.25, 0.3) is 0 Å². The topological polar surface area (TPSA) is 40.5 Å². The van der Waals surface area contributed by atoms with E-state index >= 15 is 0 Å². The van der Waals surface area contributed by atoms with E-state index in [0.29, 0.717) is 0 Å². The monoisotopic (exact) mass is 261 g/mol. The molecule has 2 rings (SSSR count). The zero-order valence-electron chi connectivity index (χ0n) is 11.7. The molecule has 0 radical (unpaired) electrons. The maximum absolute atomic E-state index is 12.0. The zero-order valence-corrected chi connectivity index (χ0v) is 11.7. The number of amides is 1. The number of benzene rings is 1. The van der Waals surface area contributed by atoms with Gasteiger partial charge in [0.25, 0.3) is 0 Å². The van der Waals surface area contributed by atoms with Gasteiger partial charge in [-0.1, -0.05) is 43.2 Å². The van der Waals surface area contributed by atoms with Crippen LogP contribution >= 0.6 is 0 Å². The van der Waals surface area contributed by atoms with Gasteiger partial charge in [-0.2, -0.15) is 0 Å². The lowest BCUT2D eigenvalue weighted by Crippen LogP contribution is -2.48. The van der Waals surface area contributed by atoms with Crippen LogP contribution in [-0.4, -0.2) is 28.1 Å². The summed E-state index contributed by atoms with van der Waals surface area (Å²) in [5.41, 5.74) is 1.12. The van der Waals surface area contributed by atoms with E-state index in [1.807, 2.05) is 42.2 Å². The average molecular weight is 261 g/mol. The number of aliphatic hydroxyl groups excluding tert-OH is 1. The second-order valence-corrected chi connectivity index (χ2v) is 5.43. The van der Waals surface area contributed by atoms with Gasteiger partial charge in [0.2, 0.25) is 5.91 Å². The molecule has 19 heavy (non-hydrogen) atoms. The molecule has 1 aliphatic rings. The third-order valence-corrected chi connectivity index (χ3v) is 4.11. The molecule has 3 atom stereocenters. The van der Waals surface area contributed by atoms with Gasteiger partial charge in [0, 0.05) is 6.92 Å². The third-order valence-electron chi connectivity index (χ3n) is 4.11. The van der Waals surface area contributed by atoms with Gasteiger partial charge in [-0.25, -0.2) is 0 Å². The van der Waals surface area contributed by atoms with Crippen LogP contribution in [0, 0.1) is 0 Å². The van der Waals surface area contributed by atoms with Gasteiger partial charge in [-0.3, -0.25) is 4.79 Å². The van der Waals surface area contributed by atoms with Crippen LogP contribution in [0.4, 0.5) is 0 Å². The van der Waals surface area contributed by atoms with Crippen molar-refractivity contribution < 1.29 is 9.90 Å². The highest BCUT2D eigenvalue weighted by molar-refractivity contribution is 5.74. The van der Waals surface area contributed by atoms with Crippen molar-refractivity contribution in [3.63, 3.8) is 0 Å². The van der Waals surface area contributed by atoms with Crippen LogP contribution in [0.3, 0.4) is 0 Å². The molecule has 1 aliphatic carbocycles. The maximum Gasteiger partial charge on any atom is 0.220 e. The zero-order chi connectivity index (χ0) is 13.8. The quantitative estimate of drug-likeness (QED) is 0.909. The predicted octanol–water partition coefficient (Wildman–Crippen LogP) is 2.90. The van der Waals surface area contributed by atoms with E-state index in [1.54, 1.807) is 6.92 Å². The summed E-state index contributed by atoms with van der Waals surface area (Å²) >= 11 is 0. The molecule has 104 valence electrons. The van der Waals surface area contributed by atoms with Gasteiger partial charge in [0.05, 0.1) is 18.2 Å². The highest BCUT2D eigenvalue weighted by atomic mass is 16.3. The summed E-state index contributed by atoms with van der Waals surface area (Å²) in [6.45, 7) is 3.64. The molecule has 1 aromatic carbocycles. The van der Waals surface area contributed by atoms with Crippen molar-refractivity contribution in [1.82, 2.24) is 4.90 Å². The van der Waals surface area contributed by atoms with E-state index in [9.17, 15) is 9.90 Å². The van der Waals surface area contributed by atoms with Crippen molar-refractivity contribution in [3.05, 3.63) is 35.9 Å². The molecule has 3 nitrogen and oxygen atoms in total. The van der Waals surface area contributed by atoms with E-state index in [-0.39, 0.29) is 24.1 Å². The molecule has 1 saturated carbocycles. The molecule has 0 aromatic heterocycles. The number of nitrogens with zero attached hydrogens (tertiary/aromatic N) is 1. The Balaban J connectivity index is 2.22. The summed E-state index contributed by atoms with van der Waals surface area (Å²) in [5, 5.41) is 10.2. The number of hydrogen-bond acceptors (Lipinski definition) is 2. The second kappa shape index (κ2) is 6.20. The number of rotatable bonds is 3. The first-order valence-corrected chi connectivity index (χ1v) is 7.13. The smallest absolute Gasteiger partial charge is 0.220 e. The van der Waals surface area contributed by atoms with E-state index in [0.717, 1.165) is 31.2 Å². The molecule has 3 heteroatoms. The molecule has 1 N–H and O–H groups in total. The minimum Gasteiger partial charge on any atom is -0.391 e. The van der Waals surface area contributed by atoms with Crippen molar-refractivity contribution in [2.75, 3.05) is 0 Å². The minimum absolute atomic E-state index is 0.0106. The van der Waals surface area contributed by atoms with Gasteiger partial charge in [-0.15, -0.1) is 0 Å². The number of carbonyl (C=O) groups is 1. The third kappa shape index (κ3) is 3.16. The molecule has 0 spiro atoms. The van der Waals surface area contributed by atoms with E-state index < -0.39 is 0 Å². The Morgan fingerprint density at radius 1 is 1.26 bits per heavy atom. The van der Waals surface area contributed by atoms with Crippen LogP contribution in [-0.2, 0) is 4.79 Å². The molecular weight excluding hydrogens is 238 g/mol. The summed E-state index contributed by atoms with van der Waals surface area (Å²) in [4.78, 5) is 13.9. The van der Waals surface area contributed by atoms with Crippen LogP contribution in [0.5, 0.6) is 0 Å². The first-order chi connectivity index (χ1) is 9.11. The fraction of sp³-hybridized carbons (Fsp3) is 0.562. The lowest BCUT2D eigenvalue weighted by atomic mass is 9.89. The SMILES string of the molecule is CC(=O)N([C@@H]1CCCC[C@H]1O)[C@@H](C)c1ccccc1. The normalized spacial score (nSPS) is 24.8. The summed E-state index contributed by atoms with van der Waals surface area (Å²) in [7, 11) is 0. The molecule has 0 saturated heterocycles. The van der Waals surface area contributed by atoms with Crippen molar-refractivity contribution in [1.29, 1.82) is 0 Å². The van der Waals surface area contributed by atoms with E-state index in [2.05, 4.69) is 0 Å². The first-order valence-electron chi connectivity index (χ1n) is 7.13. The Hall–Kier alpha value is -1.35. The lowest BCUT2D eigenvalue weighted by molar-refractivity contribution is -0.138. The molecule has 1 amide bonds. The molecule has 0 unspecified atom stereocenters. The summed E-state index contributed by atoms with van der Waals surface area (Å²) < 4.78 is 0. The van der Waals surface area contributed by atoms with Gasteiger partial charge >= 0.3 is 0 Å². The minimum atomic E-state index is -0.385. The van der Waals surface area contributed by atoms with Crippen molar-refractivity contribution in [2.45, 2.75) is 57.7 Å². The largest absolute Gasteiger partial charge is 0.391 e. The van der Waals surface area contributed by atoms with Crippen LogP contribution in [0.2, 0.25) is 0 Å². The first kappa shape index (κ1) is 14.1. The van der Waals surface area contributed by atoms with Crippen LogP contribution in [0.1, 0.15) is 51.1 Å². The van der Waals surface area contributed by atoms with Gasteiger partial charge in [-0.05, 0) is 25.3 Å². The lowest BCUT2D eigenvalue weighted by Gasteiger charge is -2.41. The maximum atomic E-state index is 12.0. The highest BCUT2D eigenvalue weighted by Gasteiger charge is 2.33. The molecule has 0 bridgehead atoms. The predicted molar refractivity (Wildman–Crippen MR) is 75.6 cm³/mol. The Morgan fingerprint density at radius 2 is 1.89 bits per heavy atom. The molecule has 0 aliphatic heterocycles. The Labute approximate surface area is 115 Å². The van der Waals surface area contributed by atoms with Gasteiger partial charge in [0.15, 0.2) is 0 Å². The van der Waals surface area contributed by atoms with Crippen molar-refractivity contribution >= 4 is 5.91 Å². The second-order valence-electron chi connectivity index (χ2n) is 5.43. The average Bonchev–Trinajstić information content (AvgIpc) is 2.42. The van der Waals surface area contributed by atoms with Gasteiger partial charge in [0.1, 0.15) is 0 Å². The van der Waals surface area contributed by atoms with E-state index in [4.69, 9.17) is 0 Å². The fourth-order valence-corrected chi connectivity index (χ4v) is 3.10. The number of aliphatic hydroxyl groups is 1. The van der Waals surface area contributed by atoms with E-state index in [1.165, 1.54) is 0 Å². The molecule has 1 fully saturated rings. The van der Waals surface area contributed by atoms with Gasteiger partial charge < -0.3 is 10.0 Å². The number of carbonyl (C=O) groups excluding carboxylic acids is 1. The standard InChI is InChI=1S/C16H23NO2/c1-12(14-8-4-3-5-9-14)17(13(2)18)15-10-6-7-11-16(15)19/h3-5,8-9,12,15-16,19H,6-7,10-11H2,1-2H3/t12-,15+,16+/m0/s1. The molecule has 1 aromatic rings. The van der Waals surface area contributed by atoms with Crippen molar-refractivity contribution in [3.8, 4) is 0 Å². The fourth-order valence-electron chi connectivity index (χ4n) is 3.10. The highest BCUT2D eigenvalue weighted by Crippen LogP contribution is 2.30. The van der Waals surface area contributed by atoms with Crippen LogP contribution < -0.4 is 0 Å². The number of hydrogen-bond donors (Lipinski definition) is 1. The molecule has 0 heterocycles.